The average molecular weight is 397 g/mol. The van der Waals surface area contributed by atoms with E-state index in [0.29, 0.717) is 19.5 Å². The fraction of sp³-hybridized carbons (Fsp3) is 0.391. The maximum absolute atomic E-state index is 13.2. The smallest absolute Gasteiger partial charge is 0.222 e. The molecule has 0 unspecified atom stereocenters. The van der Waals surface area contributed by atoms with Crippen LogP contribution in [-0.4, -0.2) is 36.9 Å². The number of benzene rings is 2. The molecule has 1 saturated heterocycles. The largest absolute Gasteiger partial charge is 0.356 e. The van der Waals surface area contributed by atoms with Gasteiger partial charge >= 0.3 is 0 Å². The van der Waals surface area contributed by atoms with E-state index in [-0.39, 0.29) is 11.7 Å². The van der Waals surface area contributed by atoms with Gasteiger partial charge in [-0.15, -0.1) is 0 Å². The van der Waals surface area contributed by atoms with Crippen LogP contribution in [0.1, 0.15) is 35.1 Å². The van der Waals surface area contributed by atoms with Gasteiger partial charge in [0.15, 0.2) is 5.96 Å². The average Bonchev–Trinajstić information content (AvgIpc) is 3.11. The highest BCUT2D eigenvalue weighted by molar-refractivity contribution is 5.79. The van der Waals surface area contributed by atoms with Crippen LogP contribution in [0.25, 0.3) is 0 Å². The number of guanidine groups is 1. The van der Waals surface area contributed by atoms with Gasteiger partial charge in [0.25, 0.3) is 0 Å². The normalized spacial score (nSPS) is 14.4. The van der Waals surface area contributed by atoms with Crippen molar-refractivity contribution in [2.75, 3.05) is 20.1 Å². The van der Waals surface area contributed by atoms with E-state index in [4.69, 9.17) is 0 Å². The van der Waals surface area contributed by atoms with Crippen molar-refractivity contribution < 1.29 is 9.18 Å². The number of rotatable bonds is 7. The van der Waals surface area contributed by atoms with Gasteiger partial charge in [0.1, 0.15) is 5.82 Å². The number of carbonyl (C=O) groups is 1. The van der Waals surface area contributed by atoms with Gasteiger partial charge in [-0.2, -0.15) is 0 Å². The van der Waals surface area contributed by atoms with Crippen LogP contribution < -0.4 is 10.6 Å². The Morgan fingerprint density at radius 1 is 1.14 bits per heavy atom. The summed E-state index contributed by atoms with van der Waals surface area (Å²) in [6, 6.07) is 13.2. The van der Waals surface area contributed by atoms with E-state index in [2.05, 4.69) is 39.9 Å². The predicted octanol–water partition coefficient (Wildman–Crippen LogP) is 3.16. The van der Waals surface area contributed by atoms with Gasteiger partial charge in [0.05, 0.1) is 0 Å². The van der Waals surface area contributed by atoms with Gasteiger partial charge in [-0.3, -0.25) is 9.79 Å². The molecule has 0 aliphatic carbocycles. The number of nitrogens with zero attached hydrogens (tertiary/aromatic N) is 2. The molecule has 0 radical (unpaired) electrons. The van der Waals surface area contributed by atoms with Crippen molar-refractivity contribution in [3.05, 3.63) is 70.5 Å². The summed E-state index contributed by atoms with van der Waals surface area (Å²) in [5, 5.41) is 6.61. The van der Waals surface area contributed by atoms with Gasteiger partial charge in [-0.25, -0.2) is 4.39 Å². The van der Waals surface area contributed by atoms with Gasteiger partial charge in [0, 0.05) is 39.6 Å². The van der Waals surface area contributed by atoms with Crippen molar-refractivity contribution in [2.24, 2.45) is 4.99 Å². The number of amides is 1. The number of halogens is 1. The van der Waals surface area contributed by atoms with Crippen molar-refractivity contribution in [1.29, 1.82) is 0 Å². The third kappa shape index (κ3) is 6.04. The Balaban J connectivity index is 1.43. The van der Waals surface area contributed by atoms with E-state index in [1.165, 1.54) is 6.07 Å². The van der Waals surface area contributed by atoms with E-state index in [0.717, 1.165) is 54.1 Å². The highest BCUT2D eigenvalue weighted by Crippen LogP contribution is 2.15. The summed E-state index contributed by atoms with van der Waals surface area (Å²) in [6.07, 6.45) is 2.44. The molecule has 1 aliphatic heterocycles. The van der Waals surface area contributed by atoms with Crippen LogP contribution in [0, 0.1) is 12.7 Å². The molecule has 2 N–H and O–H groups in total. The fourth-order valence-electron chi connectivity index (χ4n) is 3.52. The molecule has 1 fully saturated rings. The first kappa shape index (κ1) is 20.8. The first-order chi connectivity index (χ1) is 14.0. The number of hydrogen-bond donors (Lipinski definition) is 2. The molecule has 0 saturated carbocycles. The molecule has 5 nitrogen and oxygen atoms in total. The molecule has 154 valence electrons. The minimum atomic E-state index is -0.199. The number of nitrogens with one attached hydrogen (secondary N) is 2. The van der Waals surface area contributed by atoms with Crippen LogP contribution in [0.2, 0.25) is 0 Å². The van der Waals surface area contributed by atoms with Crippen molar-refractivity contribution in [1.82, 2.24) is 15.5 Å². The lowest BCUT2D eigenvalue weighted by atomic mass is 10.1. The minimum Gasteiger partial charge on any atom is -0.356 e. The molecule has 0 bridgehead atoms. The summed E-state index contributed by atoms with van der Waals surface area (Å²) in [4.78, 5) is 17.9. The number of aryl methyl sites for hydroxylation is 1. The number of carbonyl (C=O) groups excluding carboxylic acids is 1. The maximum atomic E-state index is 13.2. The Kier molecular flexibility index (Phi) is 7.22. The number of likely N-dealkylation sites (tertiary alicyclic amines) is 1. The summed E-state index contributed by atoms with van der Waals surface area (Å²) in [5.41, 5.74) is 4.40. The summed E-state index contributed by atoms with van der Waals surface area (Å²) in [6.45, 7) is 4.86. The maximum Gasteiger partial charge on any atom is 0.222 e. The zero-order valence-electron chi connectivity index (χ0n) is 17.2. The SMILES string of the molecule is CN=C(NCCc1ccc(F)cc1C)NCc1ccc(CN2CCCC2=O)cc1. The Hall–Kier alpha value is -2.89. The van der Waals surface area contributed by atoms with Gasteiger partial charge in [-0.05, 0) is 54.2 Å². The predicted molar refractivity (Wildman–Crippen MR) is 114 cm³/mol. The van der Waals surface area contributed by atoms with Gasteiger partial charge < -0.3 is 15.5 Å². The van der Waals surface area contributed by atoms with Crippen LogP contribution in [0.5, 0.6) is 0 Å². The van der Waals surface area contributed by atoms with E-state index < -0.39 is 0 Å². The minimum absolute atomic E-state index is 0.199. The monoisotopic (exact) mass is 396 g/mol. The fourth-order valence-corrected chi connectivity index (χ4v) is 3.52. The molecule has 0 aromatic heterocycles. The van der Waals surface area contributed by atoms with Gasteiger partial charge in [0.2, 0.25) is 5.91 Å². The van der Waals surface area contributed by atoms with Crippen LogP contribution >= 0.6 is 0 Å². The Morgan fingerprint density at radius 2 is 1.90 bits per heavy atom. The highest BCUT2D eigenvalue weighted by atomic mass is 19.1. The molecule has 2 aromatic carbocycles. The van der Waals surface area contributed by atoms with Crippen LogP contribution in [0.15, 0.2) is 47.5 Å². The van der Waals surface area contributed by atoms with Gasteiger partial charge in [-0.1, -0.05) is 30.3 Å². The summed E-state index contributed by atoms with van der Waals surface area (Å²) < 4.78 is 13.2. The summed E-state index contributed by atoms with van der Waals surface area (Å²) in [7, 11) is 1.74. The molecule has 0 spiro atoms. The molecule has 1 heterocycles. The van der Waals surface area contributed by atoms with Crippen LogP contribution in [-0.2, 0) is 24.3 Å². The third-order valence-electron chi connectivity index (χ3n) is 5.24. The second kappa shape index (κ2) is 10.0. The molecule has 1 aliphatic rings. The van der Waals surface area contributed by atoms with Crippen LogP contribution in [0.3, 0.4) is 0 Å². The Bertz CT molecular complexity index is 864. The molecular weight excluding hydrogens is 367 g/mol. The summed E-state index contributed by atoms with van der Waals surface area (Å²) in [5.74, 6) is 0.785. The Labute approximate surface area is 172 Å². The number of hydrogen-bond acceptors (Lipinski definition) is 2. The lowest BCUT2D eigenvalue weighted by Crippen LogP contribution is -2.37. The second-order valence-electron chi connectivity index (χ2n) is 7.41. The highest BCUT2D eigenvalue weighted by Gasteiger charge is 2.19. The molecule has 2 aromatic rings. The van der Waals surface area contributed by atoms with Crippen molar-refractivity contribution in [3.8, 4) is 0 Å². The van der Waals surface area contributed by atoms with Crippen molar-refractivity contribution in [2.45, 2.75) is 39.3 Å². The molecule has 29 heavy (non-hydrogen) atoms. The molecule has 3 rings (SSSR count). The molecular formula is C23H29FN4O. The lowest BCUT2D eigenvalue weighted by Gasteiger charge is -2.16. The van der Waals surface area contributed by atoms with E-state index in [1.807, 2.05) is 17.9 Å². The molecule has 0 atom stereocenters. The number of aliphatic imine (C=N–C) groups is 1. The Morgan fingerprint density at radius 3 is 2.55 bits per heavy atom. The second-order valence-corrected chi connectivity index (χ2v) is 7.41. The first-order valence-corrected chi connectivity index (χ1v) is 10.1. The topological polar surface area (TPSA) is 56.7 Å². The third-order valence-corrected chi connectivity index (χ3v) is 5.24. The lowest BCUT2D eigenvalue weighted by molar-refractivity contribution is -0.128. The quantitative estimate of drug-likeness (QED) is 0.558. The molecule has 6 heteroatoms. The standard InChI is InChI=1S/C23H29FN4O/c1-17-14-21(24)10-9-20(17)11-12-26-23(25-2)27-15-18-5-7-19(8-6-18)16-28-13-3-4-22(28)29/h5-10,14H,3-4,11-13,15-16H2,1-2H3,(H2,25,26,27). The zero-order chi connectivity index (χ0) is 20.6. The van der Waals surface area contributed by atoms with Crippen LogP contribution in [0.4, 0.5) is 4.39 Å². The van der Waals surface area contributed by atoms with Crippen molar-refractivity contribution in [3.63, 3.8) is 0 Å². The first-order valence-electron chi connectivity index (χ1n) is 10.1. The molecule has 1 amide bonds. The van der Waals surface area contributed by atoms with E-state index in [9.17, 15) is 9.18 Å². The zero-order valence-corrected chi connectivity index (χ0v) is 17.2. The van der Waals surface area contributed by atoms with E-state index in [1.54, 1.807) is 13.1 Å². The van der Waals surface area contributed by atoms with E-state index >= 15 is 0 Å². The summed E-state index contributed by atoms with van der Waals surface area (Å²) >= 11 is 0. The van der Waals surface area contributed by atoms with Crippen molar-refractivity contribution >= 4 is 11.9 Å².